The Morgan fingerprint density at radius 3 is 3.00 bits per heavy atom. The molecule has 0 fully saturated rings. The summed E-state index contributed by atoms with van der Waals surface area (Å²) in [5, 5.41) is 0. The summed E-state index contributed by atoms with van der Waals surface area (Å²) in [6, 6.07) is 4.10. The molecule has 0 saturated heterocycles. The summed E-state index contributed by atoms with van der Waals surface area (Å²) in [7, 11) is 0. The minimum atomic E-state index is 0.570. The highest BCUT2D eigenvalue weighted by Gasteiger charge is 2.00. The monoisotopic (exact) mass is 157 g/mol. The summed E-state index contributed by atoms with van der Waals surface area (Å²) in [5.74, 6) is 1.30. The van der Waals surface area contributed by atoms with E-state index in [0.717, 1.165) is 12.3 Å². The van der Waals surface area contributed by atoms with Crippen molar-refractivity contribution in [1.82, 2.24) is 4.98 Å². The highest BCUT2D eigenvalue weighted by Crippen LogP contribution is 2.06. The summed E-state index contributed by atoms with van der Waals surface area (Å²) in [4.78, 5) is 3.14. The van der Waals surface area contributed by atoms with Crippen molar-refractivity contribution in [2.75, 3.05) is 5.88 Å². The van der Waals surface area contributed by atoms with Crippen molar-refractivity contribution in [2.45, 2.75) is 13.3 Å². The molecule has 0 aromatic carbocycles. The number of H-pyrrole nitrogens is 1. The lowest BCUT2D eigenvalue weighted by Gasteiger charge is -2.03. The highest BCUT2D eigenvalue weighted by atomic mass is 35.5. The first-order valence-corrected chi connectivity index (χ1v) is 4.04. The predicted octanol–water partition coefficient (Wildman–Crippen LogP) is 2.43. The van der Waals surface area contributed by atoms with Gasteiger partial charge < -0.3 is 4.98 Å². The fourth-order valence-corrected chi connectivity index (χ4v) is 1.03. The van der Waals surface area contributed by atoms with Gasteiger partial charge in [-0.2, -0.15) is 0 Å². The number of aromatic nitrogens is 1. The van der Waals surface area contributed by atoms with E-state index in [1.807, 2.05) is 12.3 Å². The van der Waals surface area contributed by atoms with Crippen LogP contribution in [0.5, 0.6) is 0 Å². The SMILES string of the molecule is CC(CCl)Cc1ccc[nH]1. The third kappa shape index (κ3) is 2.07. The largest absolute Gasteiger partial charge is 0.365 e. The van der Waals surface area contributed by atoms with E-state index in [2.05, 4.69) is 18.0 Å². The number of rotatable bonds is 3. The van der Waals surface area contributed by atoms with Gasteiger partial charge in [0.25, 0.3) is 0 Å². The van der Waals surface area contributed by atoms with Gasteiger partial charge in [0.1, 0.15) is 0 Å². The van der Waals surface area contributed by atoms with E-state index in [1.165, 1.54) is 5.69 Å². The second kappa shape index (κ2) is 3.67. The van der Waals surface area contributed by atoms with Crippen LogP contribution in [0, 0.1) is 5.92 Å². The third-order valence-corrected chi connectivity index (χ3v) is 2.02. The molecule has 0 aliphatic rings. The molecule has 56 valence electrons. The lowest BCUT2D eigenvalue weighted by atomic mass is 10.1. The second-order valence-electron chi connectivity index (χ2n) is 2.66. The van der Waals surface area contributed by atoms with Crippen LogP contribution >= 0.6 is 11.6 Å². The molecule has 1 N–H and O–H groups in total. The average Bonchev–Trinajstić information content (AvgIpc) is 2.40. The fourth-order valence-electron chi connectivity index (χ4n) is 0.924. The number of halogens is 1. The summed E-state index contributed by atoms with van der Waals surface area (Å²) in [6.45, 7) is 2.15. The van der Waals surface area contributed by atoms with Crippen LogP contribution in [0.4, 0.5) is 0 Å². The molecule has 0 aliphatic carbocycles. The maximum Gasteiger partial charge on any atom is 0.0252 e. The molecule has 1 aromatic rings. The zero-order valence-electron chi connectivity index (χ0n) is 6.10. The molecule has 0 aliphatic heterocycles. The first-order valence-electron chi connectivity index (χ1n) is 3.51. The molecule has 1 nitrogen and oxygen atoms in total. The van der Waals surface area contributed by atoms with Crippen LogP contribution < -0.4 is 0 Å². The van der Waals surface area contributed by atoms with E-state index in [1.54, 1.807) is 0 Å². The van der Waals surface area contributed by atoms with E-state index < -0.39 is 0 Å². The molecule has 1 unspecified atom stereocenters. The van der Waals surface area contributed by atoms with E-state index >= 15 is 0 Å². The molecule has 0 amide bonds. The lowest BCUT2D eigenvalue weighted by Crippen LogP contribution is -2.00. The number of hydrogen-bond donors (Lipinski definition) is 1. The maximum atomic E-state index is 5.66. The minimum Gasteiger partial charge on any atom is -0.365 e. The van der Waals surface area contributed by atoms with Gasteiger partial charge in [0, 0.05) is 17.8 Å². The maximum absolute atomic E-state index is 5.66. The standard InChI is InChI=1S/C8H12ClN/c1-7(6-9)5-8-3-2-4-10-8/h2-4,7,10H,5-6H2,1H3. The van der Waals surface area contributed by atoms with Crippen molar-refractivity contribution in [1.29, 1.82) is 0 Å². The van der Waals surface area contributed by atoms with Crippen molar-refractivity contribution in [3.05, 3.63) is 24.0 Å². The fraction of sp³-hybridized carbons (Fsp3) is 0.500. The summed E-state index contributed by atoms with van der Waals surface area (Å²) in [5.41, 5.74) is 1.27. The van der Waals surface area contributed by atoms with Gasteiger partial charge in [-0.1, -0.05) is 6.92 Å². The molecule has 0 saturated carbocycles. The molecule has 0 bridgehead atoms. The van der Waals surface area contributed by atoms with Crippen LogP contribution in [0.25, 0.3) is 0 Å². The first kappa shape index (κ1) is 7.67. The van der Waals surface area contributed by atoms with Gasteiger partial charge in [-0.05, 0) is 24.5 Å². The van der Waals surface area contributed by atoms with Gasteiger partial charge in [0.2, 0.25) is 0 Å². The van der Waals surface area contributed by atoms with Crippen molar-refractivity contribution in [3.8, 4) is 0 Å². The van der Waals surface area contributed by atoms with E-state index in [4.69, 9.17) is 11.6 Å². The van der Waals surface area contributed by atoms with Crippen LogP contribution in [-0.4, -0.2) is 10.9 Å². The molecule has 2 heteroatoms. The Morgan fingerprint density at radius 2 is 2.50 bits per heavy atom. The van der Waals surface area contributed by atoms with Gasteiger partial charge in [0.05, 0.1) is 0 Å². The van der Waals surface area contributed by atoms with Crippen LogP contribution in [0.1, 0.15) is 12.6 Å². The third-order valence-electron chi connectivity index (χ3n) is 1.49. The van der Waals surface area contributed by atoms with Crippen molar-refractivity contribution >= 4 is 11.6 Å². The Morgan fingerprint density at radius 1 is 1.70 bits per heavy atom. The van der Waals surface area contributed by atoms with Crippen molar-refractivity contribution < 1.29 is 0 Å². The van der Waals surface area contributed by atoms with Crippen LogP contribution in [0.2, 0.25) is 0 Å². The Bertz CT molecular complexity index is 169. The van der Waals surface area contributed by atoms with E-state index in [-0.39, 0.29) is 0 Å². The average molecular weight is 158 g/mol. The Labute approximate surface area is 66.4 Å². The zero-order chi connectivity index (χ0) is 7.40. The molecule has 1 atom stereocenters. The molecule has 1 aromatic heterocycles. The lowest BCUT2D eigenvalue weighted by molar-refractivity contribution is 0.645. The quantitative estimate of drug-likeness (QED) is 0.649. The minimum absolute atomic E-state index is 0.570. The van der Waals surface area contributed by atoms with Crippen molar-refractivity contribution in [3.63, 3.8) is 0 Å². The van der Waals surface area contributed by atoms with Crippen LogP contribution in [0.3, 0.4) is 0 Å². The summed E-state index contributed by atoms with van der Waals surface area (Å²) >= 11 is 5.66. The molecule has 10 heavy (non-hydrogen) atoms. The van der Waals surface area contributed by atoms with Crippen LogP contribution in [-0.2, 0) is 6.42 Å². The summed E-state index contributed by atoms with van der Waals surface area (Å²) in [6.07, 6.45) is 2.99. The summed E-state index contributed by atoms with van der Waals surface area (Å²) < 4.78 is 0. The molecule has 0 radical (unpaired) electrons. The molecule has 0 spiro atoms. The zero-order valence-corrected chi connectivity index (χ0v) is 6.86. The molecule has 1 heterocycles. The topological polar surface area (TPSA) is 15.8 Å². The van der Waals surface area contributed by atoms with Gasteiger partial charge in [-0.15, -0.1) is 11.6 Å². The van der Waals surface area contributed by atoms with Gasteiger partial charge in [0.15, 0.2) is 0 Å². The number of alkyl halides is 1. The van der Waals surface area contributed by atoms with Crippen LogP contribution in [0.15, 0.2) is 18.3 Å². The Hall–Kier alpha value is -0.430. The molecule has 1 rings (SSSR count). The Kier molecular flexibility index (Phi) is 2.82. The first-order chi connectivity index (χ1) is 4.83. The highest BCUT2D eigenvalue weighted by molar-refractivity contribution is 6.18. The number of aromatic amines is 1. The number of hydrogen-bond acceptors (Lipinski definition) is 0. The van der Waals surface area contributed by atoms with Crippen molar-refractivity contribution in [2.24, 2.45) is 5.92 Å². The van der Waals surface area contributed by atoms with Gasteiger partial charge >= 0.3 is 0 Å². The van der Waals surface area contributed by atoms with Gasteiger partial charge in [-0.25, -0.2) is 0 Å². The molecular formula is C8H12ClN. The normalized spacial score (nSPS) is 13.4. The Balaban J connectivity index is 2.40. The number of nitrogens with one attached hydrogen (secondary N) is 1. The van der Waals surface area contributed by atoms with Gasteiger partial charge in [-0.3, -0.25) is 0 Å². The van der Waals surface area contributed by atoms with E-state index in [0.29, 0.717) is 5.92 Å². The van der Waals surface area contributed by atoms with E-state index in [9.17, 15) is 0 Å². The smallest absolute Gasteiger partial charge is 0.0252 e. The molecular weight excluding hydrogens is 146 g/mol. The predicted molar refractivity (Wildman–Crippen MR) is 44.4 cm³/mol. The second-order valence-corrected chi connectivity index (χ2v) is 2.97.